The van der Waals surface area contributed by atoms with Crippen LogP contribution in [0.1, 0.15) is 29.3 Å². The highest BCUT2D eigenvalue weighted by atomic mass is 19.1. The minimum Gasteiger partial charge on any atom is -0.479 e. The van der Waals surface area contributed by atoms with Gasteiger partial charge in [-0.15, -0.1) is 0 Å². The van der Waals surface area contributed by atoms with Crippen molar-refractivity contribution in [1.29, 1.82) is 0 Å². The quantitative estimate of drug-likeness (QED) is 0.624. The second-order valence-electron chi connectivity index (χ2n) is 7.46. The molecule has 1 aliphatic rings. The monoisotopic (exact) mass is 418 g/mol. The van der Waals surface area contributed by atoms with Crippen molar-refractivity contribution in [3.63, 3.8) is 0 Å². The molecule has 1 unspecified atom stereocenters. The molecule has 1 heterocycles. The zero-order valence-electron chi connectivity index (χ0n) is 17.2. The van der Waals surface area contributed by atoms with Crippen molar-refractivity contribution in [2.45, 2.75) is 25.9 Å². The summed E-state index contributed by atoms with van der Waals surface area (Å²) in [5, 5.41) is 2.71. The SMILES string of the molecule is CC1Oc2ccc(NC(=O)c3ccccc3F)cc2N(CCCc2ccccc2)C1=O. The summed E-state index contributed by atoms with van der Waals surface area (Å²) in [7, 11) is 0. The summed E-state index contributed by atoms with van der Waals surface area (Å²) in [5.41, 5.74) is 2.23. The fraction of sp³-hybridized carbons (Fsp3) is 0.200. The second-order valence-corrected chi connectivity index (χ2v) is 7.46. The molecule has 0 spiro atoms. The molecular formula is C25H23FN2O3. The van der Waals surface area contributed by atoms with E-state index in [1.165, 1.54) is 23.8 Å². The zero-order chi connectivity index (χ0) is 21.8. The van der Waals surface area contributed by atoms with Crippen molar-refractivity contribution in [2.75, 3.05) is 16.8 Å². The smallest absolute Gasteiger partial charge is 0.267 e. The number of carbonyl (C=O) groups is 2. The third kappa shape index (κ3) is 4.58. The summed E-state index contributed by atoms with van der Waals surface area (Å²) in [6, 6.07) is 21.0. The van der Waals surface area contributed by atoms with Crippen LogP contribution in [0.2, 0.25) is 0 Å². The van der Waals surface area contributed by atoms with Gasteiger partial charge in [0.25, 0.3) is 11.8 Å². The first-order valence-corrected chi connectivity index (χ1v) is 10.2. The van der Waals surface area contributed by atoms with Crippen LogP contribution in [-0.4, -0.2) is 24.5 Å². The van der Waals surface area contributed by atoms with Crippen LogP contribution in [0.25, 0.3) is 0 Å². The van der Waals surface area contributed by atoms with Gasteiger partial charge >= 0.3 is 0 Å². The Kier molecular flexibility index (Phi) is 5.98. The number of hydrogen-bond acceptors (Lipinski definition) is 3. The number of anilines is 2. The van der Waals surface area contributed by atoms with Gasteiger partial charge in [0, 0.05) is 12.2 Å². The molecule has 0 saturated heterocycles. The third-order valence-electron chi connectivity index (χ3n) is 5.23. The Bertz CT molecular complexity index is 1100. The number of rotatable bonds is 6. The molecule has 0 fully saturated rings. The van der Waals surface area contributed by atoms with Crippen LogP contribution in [0.5, 0.6) is 5.75 Å². The van der Waals surface area contributed by atoms with Gasteiger partial charge in [-0.3, -0.25) is 9.59 Å². The van der Waals surface area contributed by atoms with Crippen LogP contribution in [0.4, 0.5) is 15.8 Å². The molecule has 4 rings (SSSR count). The number of fused-ring (bicyclic) bond motifs is 1. The molecule has 3 aromatic carbocycles. The van der Waals surface area contributed by atoms with Crippen molar-refractivity contribution >= 4 is 23.2 Å². The molecule has 0 aromatic heterocycles. The molecule has 3 aromatic rings. The zero-order valence-corrected chi connectivity index (χ0v) is 17.2. The average molecular weight is 418 g/mol. The Balaban J connectivity index is 1.53. The van der Waals surface area contributed by atoms with E-state index in [9.17, 15) is 14.0 Å². The third-order valence-corrected chi connectivity index (χ3v) is 5.23. The predicted octanol–water partition coefficient (Wildman–Crippen LogP) is 4.82. The van der Waals surface area contributed by atoms with Gasteiger partial charge in [0.05, 0.1) is 11.3 Å². The summed E-state index contributed by atoms with van der Waals surface area (Å²) in [5.74, 6) is -0.688. The number of nitrogens with zero attached hydrogens (tertiary/aromatic N) is 1. The van der Waals surface area contributed by atoms with Gasteiger partial charge in [-0.25, -0.2) is 4.39 Å². The van der Waals surface area contributed by atoms with E-state index in [0.29, 0.717) is 23.7 Å². The van der Waals surface area contributed by atoms with Gasteiger partial charge in [0.1, 0.15) is 11.6 Å². The van der Waals surface area contributed by atoms with E-state index in [2.05, 4.69) is 17.4 Å². The van der Waals surface area contributed by atoms with Gasteiger partial charge in [0.15, 0.2) is 6.10 Å². The lowest BCUT2D eigenvalue weighted by Gasteiger charge is -2.33. The summed E-state index contributed by atoms with van der Waals surface area (Å²) in [4.78, 5) is 27.0. The number of halogens is 1. The maximum atomic E-state index is 13.9. The highest BCUT2D eigenvalue weighted by Crippen LogP contribution is 2.36. The topological polar surface area (TPSA) is 58.6 Å². The molecule has 158 valence electrons. The van der Waals surface area contributed by atoms with Gasteiger partial charge in [-0.1, -0.05) is 42.5 Å². The molecule has 1 N–H and O–H groups in total. The second kappa shape index (κ2) is 9.00. The standard InChI is InChI=1S/C25H23FN2O3/c1-17-25(30)28(15-7-10-18-8-3-2-4-9-18)22-16-19(13-14-23(22)31-17)27-24(29)20-11-5-6-12-21(20)26/h2-6,8-9,11-14,16-17H,7,10,15H2,1H3,(H,27,29). The van der Waals surface area contributed by atoms with Crippen LogP contribution >= 0.6 is 0 Å². The predicted molar refractivity (Wildman–Crippen MR) is 118 cm³/mol. The largest absolute Gasteiger partial charge is 0.479 e. The Morgan fingerprint density at radius 1 is 1.06 bits per heavy atom. The fourth-order valence-corrected chi connectivity index (χ4v) is 3.65. The molecule has 1 atom stereocenters. The van der Waals surface area contributed by atoms with Crippen LogP contribution in [-0.2, 0) is 11.2 Å². The van der Waals surface area contributed by atoms with E-state index in [1.807, 2.05) is 18.2 Å². The van der Waals surface area contributed by atoms with Crippen LogP contribution in [0.15, 0.2) is 72.8 Å². The first-order chi connectivity index (χ1) is 15.0. The molecule has 0 aliphatic carbocycles. The molecule has 0 saturated carbocycles. The van der Waals surface area contributed by atoms with E-state index in [-0.39, 0.29) is 11.5 Å². The lowest BCUT2D eigenvalue weighted by Crippen LogP contribution is -2.45. The molecule has 5 nitrogen and oxygen atoms in total. The molecule has 1 aliphatic heterocycles. The normalized spacial score (nSPS) is 15.2. The fourth-order valence-electron chi connectivity index (χ4n) is 3.65. The molecule has 2 amide bonds. The van der Waals surface area contributed by atoms with Crippen LogP contribution in [0.3, 0.4) is 0 Å². The maximum Gasteiger partial charge on any atom is 0.267 e. The molecule has 31 heavy (non-hydrogen) atoms. The summed E-state index contributed by atoms with van der Waals surface area (Å²) < 4.78 is 19.7. The van der Waals surface area contributed by atoms with Gasteiger partial charge < -0.3 is 15.0 Å². The van der Waals surface area contributed by atoms with Crippen LogP contribution in [0, 0.1) is 5.82 Å². The van der Waals surface area contributed by atoms with E-state index in [1.54, 1.807) is 36.1 Å². The first kappa shape index (κ1) is 20.6. The first-order valence-electron chi connectivity index (χ1n) is 10.2. The number of benzene rings is 3. The van der Waals surface area contributed by atoms with Gasteiger partial charge in [-0.2, -0.15) is 0 Å². The van der Waals surface area contributed by atoms with E-state index < -0.39 is 17.8 Å². The van der Waals surface area contributed by atoms with Gasteiger partial charge in [-0.05, 0) is 55.7 Å². The minimum absolute atomic E-state index is 0.0408. The summed E-state index contributed by atoms with van der Waals surface area (Å²) in [6.07, 6.45) is 1.05. The maximum absolute atomic E-state index is 13.9. The van der Waals surface area contributed by atoms with E-state index >= 15 is 0 Å². The molecular weight excluding hydrogens is 395 g/mol. The average Bonchev–Trinajstić information content (AvgIpc) is 2.78. The number of amides is 2. The summed E-state index contributed by atoms with van der Waals surface area (Å²) in [6.45, 7) is 2.25. The van der Waals surface area contributed by atoms with Crippen molar-refractivity contribution in [2.24, 2.45) is 0 Å². The molecule has 6 heteroatoms. The Morgan fingerprint density at radius 3 is 2.58 bits per heavy atom. The molecule has 0 bridgehead atoms. The number of ether oxygens (including phenoxy) is 1. The van der Waals surface area contributed by atoms with Crippen molar-refractivity contribution < 1.29 is 18.7 Å². The van der Waals surface area contributed by atoms with Crippen molar-refractivity contribution in [1.82, 2.24) is 0 Å². The lowest BCUT2D eigenvalue weighted by molar-refractivity contribution is -0.125. The number of nitrogens with one attached hydrogen (secondary N) is 1. The highest BCUT2D eigenvalue weighted by Gasteiger charge is 2.31. The van der Waals surface area contributed by atoms with Crippen molar-refractivity contribution in [3.8, 4) is 5.75 Å². The van der Waals surface area contributed by atoms with Crippen LogP contribution < -0.4 is 15.0 Å². The summed E-state index contributed by atoms with van der Waals surface area (Å²) >= 11 is 0. The Morgan fingerprint density at radius 2 is 1.81 bits per heavy atom. The van der Waals surface area contributed by atoms with Crippen molar-refractivity contribution in [3.05, 3.63) is 89.7 Å². The highest BCUT2D eigenvalue weighted by molar-refractivity contribution is 6.05. The Labute approximate surface area is 180 Å². The Hall–Kier alpha value is -3.67. The number of aryl methyl sites for hydroxylation is 1. The van der Waals surface area contributed by atoms with E-state index in [4.69, 9.17) is 4.74 Å². The van der Waals surface area contributed by atoms with E-state index in [0.717, 1.165) is 12.8 Å². The number of carbonyl (C=O) groups excluding carboxylic acids is 2. The van der Waals surface area contributed by atoms with Gasteiger partial charge in [0.2, 0.25) is 0 Å². The lowest BCUT2D eigenvalue weighted by atomic mass is 10.1. The molecule has 0 radical (unpaired) electrons. The minimum atomic E-state index is -0.590. The number of hydrogen-bond donors (Lipinski definition) is 1.